The fourth-order valence-electron chi connectivity index (χ4n) is 2.27. The van der Waals surface area contributed by atoms with Gasteiger partial charge in [0.05, 0.1) is 5.52 Å². The number of nitrogens with zero attached hydrogens (tertiary/aromatic N) is 1. The Bertz CT molecular complexity index is 748. The minimum absolute atomic E-state index is 0.821. The average molecular weight is 280 g/mol. The summed E-state index contributed by atoms with van der Waals surface area (Å²) in [6.45, 7) is 2.10. The lowest BCUT2D eigenvalue weighted by Crippen LogP contribution is -1.89. The molecule has 0 aliphatic heterocycles. The monoisotopic (exact) mass is 280 g/mol. The number of nitrogen functional groups attached to an aromatic ring is 1. The first-order chi connectivity index (χ1) is 9.74. The van der Waals surface area contributed by atoms with E-state index >= 15 is 0 Å². The fraction of sp³-hybridized carbons (Fsp3) is 0.118. The van der Waals surface area contributed by atoms with Gasteiger partial charge in [-0.25, -0.2) is 0 Å². The molecule has 0 aliphatic rings. The number of thioether (sulfide) groups is 1. The van der Waals surface area contributed by atoms with E-state index in [1.54, 1.807) is 0 Å². The van der Waals surface area contributed by atoms with Crippen molar-refractivity contribution >= 4 is 28.4 Å². The van der Waals surface area contributed by atoms with Gasteiger partial charge < -0.3 is 5.73 Å². The van der Waals surface area contributed by atoms with Crippen LogP contribution < -0.4 is 5.73 Å². The minimum atomic E-state index is 0.821. The van der Waals surface area contributed by atoms with Crippen molar-refractivity contribution in [1.82, 2.24) is 4.98 Å². The molecule has 20 heavy (non-hydrogen) atoms. The van der Waals surface area contributed by atoms with Gasteiger partial charge in [0.15, 0.2) is 0 Å². The van der Waals surface area contributed by atoms with Crippen molar-refractivity contribution in [2.75, 3.05) is 5.73 Å². The van der Waals surface area contributed by atoms with Crippen LogP contribution in [0.25, 0.3) is 10.9 Å². The fourth-order valence-corrected chi connectivity index (χ4v) is 3.28. The number of rotatable bonds is 3. The lowest BCUT2D eigenvalue weighted by molar-refractivity contribution is 1.29. The van der Waals surface area contributed by atoms with Gasteiger partial charge in [0, 0.05) is 27.9 Å². The lowest BCUT2D eigenvalue weighted by atomic mass is 10.1. The Balaban J connectivity index is 1.87. The first-order valence-corrected chi connectivity index (χ1v) is 7.54. The number of anilines is 1. The van der Waals surface area contributed by atoms with E-state index in [-0.39, 0.29) is 0 Å². The van der Waals surface area contributed by atoms with Crippen LogP contribution in [0.4, 0.5) is 5.69 Å². The highest BCUT2D eigenvalue weighted by Crippen LogP contribution is 2.29. The molecule has 1 heterocycles. The topological polar surface area (TPSA) is 38.9 Å². The number of hydrogen-bond acceptors (Lipinski definition) is 3. The zero-order chi connectivity index (χ0) is 13.9. The van der Waals surface area contributed by atoms with Gasteiger partial charge in [-0.3, -0.25) is 4.98 Å². The molecule has 0 fully saturated rings. The third-order valence-corrected chi connectivity index (χ3v) is 4.55. The smallest absolute Gasteiger partial charge is 0.0705 e. The summed E-state index contributed by atoms with van der Waals surface area (Å²) in [7, 11) is 0. The Morgan fingerprint density at radius 1 is 1.10 bits per heavy atom. The molecule has 0 amide bonds. The molecule has 0 unspecified atom stereocenters. The van der Waals surface area contributed by atoms with Crippen molar-refractivity contribution < 1.29 is 0 Å². The molecule has 2 aromatic carbocycles. The molecule has 2 nitrogen and oxygen atoms in total. The van der Waals surface area contributed by atoms with Gasteiger partial charge in [0.1, 0.15) is 0 Å². The standard InChI is InChI=1S/C17H16N2S/c1-12-10-14(18)6-7-17(12)20-11-13-8-9-19-16-5-3-2-4-15(13)16/h2-10H,11,18H2,1H3. The Hall–Kier alpha value is -2.00. The summed E-state index contributed by atoms with van der Waals surface area (Å²) in [5.74, 6) is 0.938. The SMILES string of the molecule is Cc1cc(N)ccc1SCc1ccnc2ccccc12. The molecule has 3 aromatic rings. The Labute approximate surface area is 123 Å². The number of nitrogens with two attached hydrogens (primary N) is 1. The quantitative estimate of drug-likeness (QED) is 0.570. The van der Waals surface area contributed by atoms with E-state index in [0.29, 0.717) is 0 Å². The van der Waals surface area contributed by atoms with E-state index < -0.39 is 0 Å². The van der Waals surface area contributed by atoms with E-state index in [4.69, 9.17) is 5.73 Å². The summed E-state index contributed by atoms with van der Waals surface area (Å²) in [4.78, 5) is 5.68. The summed E-state index contributed by atoms with van der Waals surface area (Å²) >= 11 is 1.84. The zero-order valence-electron chi connectivity index (χ0n) is 11.3. The summed E-state index contributed by atoms with van der Waals surface area (Å²) in [6.07, 6.45) is 1.88. The molecular weight excluding hydrogens is 264 g/mol. The van der Waals surface area contributed by atoms with E-state index in [0.717, 1.165) is 17.0 Å². The molecule has 1 aromatic heterocycles. The zero-order valence-corrected chi connectivity index (χ0v) is 12.2. The Morgan fingerprint density at radius 2 is 1.95 bits per heavy atom. The summed E-state index contributed by atoms with van der Waals surface area (Å²) < 4.78 is 0. The van der Waals surface area contributed by atoms with Crippen LogP contribution >= 0.6 is 11.8 Å². The summed E-state index contributed by atoms with van der Waals surface area (Å²) in [5, 5.41) is 1.23. The molecule has 0 saturated heterocycles. The second kappa shape index (κ2) is 5.55. The largest absolute Gasteiger partial charge is 0.399 e. The first-order valence-electron chi connectivity index (χ1n) is 6.55. The van der Waals surface area contributed by atoms with E-state index in [1.807, 2.05) is 36.2 Å². The van der Waals surface area contributed by atoms with Gasteiger partial charge >= 0.3 is 0 Å². The summed E-state index contributed by atoms with van der Waals surface area (Å²) in [6, 6.07) is 16.4. The normalized spacial score (nSPS) is 10.8. The van der Waals surface area contributed by atoms with Gasteiger partial charge in [0.25, 0.3) is 0 Å². The van der Waals surface area contributed by atoms with Crippen molar-refractivity contribution in [2.45, 2.75) is 17.6 Å². The van der Waals surface area contributed by atoms with Gasteiger partial charge in [-0.2, -0.15) is 0 Å². The van der Waals surface area contributed by atoms with Crippen molar-refractivity contribution in [1.29, 1.82) is 0 Å². The second-order valence-corrected chi connectivity index (χ2v) is 5.82. The van der Waals surface area contributed by atoms with Crippen molar-refractivity contribution in [3.05, 3.63) is 65.9 Å². The number of benzene rings is 2. The maximum absolute atomic E-state index is 5.79. The highest BCUT2D eigenvalue weighted by Gasteiger charge is 2.04. The van der Waals surface area contributed by atoms with Crippen LogP contribution in [-0.4, -0.2) is 4.98 Å². The van der Waals surface area contributed by atoms with Crippen LogP contribution in [0.3, 0.4) is 0 Å². The predicted octanol–water partition coefficient (Wildman–Crippen LogP) is 4.42. The van der Waals surface area contributed by atoms with E-state index in [1.165, 1.54) is 21.4 Å². The van der Waals surface area contributed by atoms with Gasteiger partial charge in [0.2, 0.25) is 0 Å². The lowest BCUT2D eigenvalue weighted by Gasteiger charge is -2.08. The van der Waals surface area contributed by atoms with Crippen molar-refractivity contribution in [2.24, 2.45) is 0 Å². The molecule has 3 heteroatoms. The number of fused-ring (bicyclic) bond motifs is 1. The van der Waals surface area contributed by atoms with Crippen LogP contribution in [0.5, 0.6) is 0 Å². The number of hydrogen-bond donors (Lipinski definition) is 1. The van der Waals surface area contributed by atoms with Crippen LogP contribution in [-0.2, 0) is 5.75 Å². The van der Waals surface area contributed by atoms with Crippen molar-refractivity contribution in [3.8, 4) is 0 Å². The van der Waals surface area contributed by atoms with E-state index in [2.05, 4.69) is 42.2 Å². The van der Waals surface area contributed by atoms with Crippen LogP contribution in [0.2, 0.25) is 0 Å². The van der Waals surface area contributed by atoms with Gasteiger partial charge in [-0.1, -0.05) is 18.2 Å². The maximum atomic E-state index is 5.79. The van der Waals surface area contributed by atoms with Gasteiger partial charge in [-0.15, -0.1) is 11.8 Å². The molecule has 0 spiro atoms. The third-order valence-electron chi connectivity index (χ3n) is 3.32. The molecule has 100 valence electrons. The Kier molecular flexibility index (Phi) is 3.61. The highest BCUT2D eigenvalue weighted by molar-refractivity contribution is 7.98. The number of aromatic nitrogens is 1. The Morgan fingerprint density at radius 3 is 2.80 bits per heavy atom. The molecule has 0 radical (unpaired) electrons. The predicted molar refractivity (Wildman–Crippen MR) is 86.9 cm³/mol. The van der Waals surface area contributed by atoms with Crippen molar-refractivity contribution in [3.63, 3.8) is 0 Å². The minimum Gasteiger partial charge on any atom is -0.399 e. The highest BCUT2D eigenvalue weighted by atomic mass is 32.2. The summed E-state index contributed by atoms with van der Waals surface area (Å²) in [5.41, 5.74) is 10.2. The number of para-hydroxylation sites is 1. The third kappa shape index (κ3) is 2.63. The second-order valence-electron chi connectivity index (χ2n) is 4.80. The van der Waals surface area contributed by atoms with Crippen LogP contribution in [0.1, 0.15) is 11.1 Å². The molecule has 0 aliphatic carbocycles. The van der Waals surface area contributed by atoms with Crippen LogP contribution in [0.15, 0.2) is 59.6 Å². The van der Waals surface area contributed by atoms with Gasteiger partial charge in [-0.05, 0) is 48.4 Å². The molecule has 0 atom stereocenters. The molecular formula is C17H16N2S. The molecule has 0 saturated carbocycles. The average Bonchev–Trinajstić information content (AvgIpc) is 2.46. The molecule has 3 rings (SSSR count). The van der Waals surface area contributed by atoms with E-state index in [9.17, 15) is 0 Å². The molecule has 0 bridgehead atoms. The first kappa shape index (κ1) is 13.0. The number of aryl methyl sites for hydroxylation is 1. The number of pyridine rings is 1. The molecule has 2 N–H and O–H groups in total. The maximum Gasteiger partial charge on any atom is 0.0705 e. The van der Waals surface area contributed by atoms with Crippen LogP contribution in [0, 0.1) is 6.92 Å².